The third kappa shape index (κ3) is 3.51. The van der Waals surface area contributed by atoms with Gasteiger partial charge in [-0.3, -0.25) is 0 Å². The van der Waals surface area contributed by atoms with Crippen molar-refractivity contribution in [3.8, 4) is 0 Å². The Balaban J connectivity index is 3.13. The van der Waals surface area contributed by atoms with E-state index in [1.54, 1.807) is 21.3 Å². The highest BCUT2D eigenvalue weighted by Crippen LogP contribution is 2.47. The summed E-state index contributed by atoms with van der Waals surface area (Å²) in [6, 6.07) is 1.08. The van der Waals surface area contributed by atoms with Crippen LogP contribution >= 0.6 is 0 Å². The molecule has 1 aliphatic heterocycles. The molecule has 4 N–H and O–H groups in total. The first kappa shape index (κ1) is 19.1. The van der Waals surface area contributed by atoms with Crippen molar-refractivity contribution < 1.29 is 13.6 Å². The summed E-state index contributed by atoms with van der Waals surface area (Å²) < 4.78 is 18.1. The fourth-order valence-electron chi connectivity index (χ4n) is 4.19. The van der Waals surface area contributed by atoms with Gasteiger partial charge in [0.15, 0.2) is 0 Å². The van der Waals surface area contributed by atoms with Gasteiger partial charge in [0.25, 0.3) is 0 Å². The van der Waals surface area contributed by atoms with Gasteiger partial charge in [-0.25, -0.2) is 0 Å². The molecule has 1 saturated heterocycles. The molecule has 0 aromatic rings. The average molecular weight is 319 g/mol. The van der Waals surface area contributed by atoms with Crippen molar-refractivity contribution in [2.45, 2.75) is 62.8 Å². The summed E-state index contributed by atoms with van der Waals surface area (Å²) in [5.41, 5.74) is 12.2. The molecule has 5 nitrogen and oxygen atoms in total. The number of nitrogens with two attached hydrogens (primary N) is 2. The van der Waals surface area contributed by atoms with Gasteiger partial charge in [-0.2, -0.15) is 0 Å². The van der Waals surface area contributed by atoms with Crippen LogP contribution in [0.1, 0.15) is 45.4 Å². The molecule has 1 rings (SSSR count). The van der Waals surface area contributed by atoms with E-state index in [4.69, 9.17) is 25.1 Å². The Labute approximate surface area is 130 Å². The van der Waals surface area contributed by atoms with Gasteiger partial charge >= 0.3 is 8.56 Å². The van der Waals surface area contributed by atoms with E-state index in [-0.39, 0.29) is 17.2 Å². The van der Waals surface area contributed by atoms with Crippen molar-refractivity contribution in [2.24, 2.45) is 17.4 Å². The van der Waals surface area contributed by atoms with Crippen LogP contribution in [0.4, 0.5) is 0 Å². The zero-order valence-corrected chi connectivity index (χ0v) is 15.2. The Morgan fingerprint density at radius 2 is 1.95 bits per heavy atom. The lowest BCUT2D eigenvalue weighted by molar-refractivity contribution is -0.0618. The number of ether oxygens (including phenoxy) is 1. The molecule has 1 heterocycles. The zero-order valence-electron chi connectivity index (χ0n) is 14.2. The van der Waals surface area contributed by atoms with Gasteiger partial charge in [0.1, 0.15) is 5.22 Å². The lowest BCUT2D eigenvalue weighted by atomic mass is 9.84. The van der Waals surface area contributed by atoms with Crippen molar-refractivity contribution in [3.05, 3.63) is 0 Å². The number of rotatable bonds is 9. The molecule has 0 radical (unpaired) electrons. The summed E-state index contributed by atoms with van der Waals surface area (Å²) in [6.45, 7) is 2.87. The lowest BCUT2D eigenvalue weighted by Gasteiger charge is -2.54. The quantitative estimate of drug-likeness (QED) is 0.635. The summed E-state index contributed by atoms with van der Waals surface area (Å²) >= 11 is 0. The van der Waals surface area contributed by atoms with Crippen LogP contribution in [-0.2, 0) is 13.6 Å². The molecule has 0 aromatic heterocycles. The highest BCUT2D eigenvalue weighted by atomic mass is 28.4. The normalized spacial score (nSPS) is 30.3. The Hall–Kier alpha value is 0.0169. The van der Waals surface area contributed by atoms with Crippen LogP contribution in [0.2, 0.25) is 6.04 Å². The van der Waals surface area contributed by atoms with Gasteiger partial charge in [-0.15, -0.1) is 0 Å². The van der Waals surface area contributed by atoms with Gasteiger partial charge in [0, 0.05) is 33.3 Å². The summed E-state index contributed by atoms with van der Waals surface area (Å²) in [5.74, 6) is 0.286. The Bertz CT molecular complexity index is 303. The molecule has 21 heavy (non-hydrogen) atoms. The molecule has 0 spiro atoms. The number of hydrogen-bond acceptors (Lipinski definition) is 5. The van der Waals surface area contributed by atoms with Crippen LogP contribution in [0.3, 0.4) is 0 Å². The predicted molar refractivity (Wildman–Crippen MR) is 88.2 cm³/mol. The van der Waals surface area contributed by atoms with E-state index in [2.05, 4.69) is 6.92 Å². The topological polar surface area (TPSA) is 79.7 Å². The third-order valence-corrected chi connectivity index (χ3v) is 9.61. The first-order valence-electron chi connectivity index (χ1n) is 8.18. The third-order valence-electron chi connectivity index (χ3n) is 5.17. The van der Waals surface area contributed by atoms with Crippen LogP contribution in [0.15, 0.2) is 0 Å². The fourth-order valence-corrected chi connectivity index (χ4v) is 8.41. The Morgan fingerprint density at radius 1 is 1.29 bits per heavy atom. The van der Waals surface area contributed by atoms with Crippen molar-refractivity contribution in [1.82, 2.24) is 0 Å². The molecule has 0 saturated carbocycles. The van der Waals surface area contributed by atoms with Crippen LogP contribution < -0.4 is 11.5 Å². The van der Waals surface area contributed by atoms with Gasteiger partial charge in [0.05, 0.1) is 0 Å². The van der Waals surface area contributed by atoms with Crippen LogP contribution in [0.5, 0.6) is 0 Å². The maximum atomic E-state index is 6.52. The van der Waals surface area contributed by atoms with Gasteiger partial charge in [-0.1, -0.05) is 19.8 Å². The Kier molecular flexibility index (Phi) is 7.81. The van der Waals surface area contributed by atoms with E-state index >= 15 is 0 Å². The molecule has 126 valence electrons. The van der Waals surface area contributed by atoms with Crippen LogP contribution in [0.25, 0.3) is 0 Å². The van der Waals surface area contributed by atoms with E-state index in [0.717, 1.165) is 44.6 Å². The maximum absolute atomic E-state index is 6.52. The van der Waals surface area contributed by atoms with Crippen molar-refractivity contribution in [3.63, 3.8) is 0 Å². The van der Waals surface area contributed by atoms with E-state index in [0.29, 0.717) is 6.54 Å². The van der Waals surface area contributed by atoms with Gasteiger partial charge in [0.2, 0.25) is 0 Å². The summed E-state index contributed by atoms with van der Waals surface area (Å²) in [5, 5.41) is -0.350. The van der Waals surface area contributed by atoms with Crippen molar-refractivity contribution in [1.29, 1.82) is 0 Å². The molecule has 1 aliphatic rings. The molecule has 6 heteroatoms. The number of methoxy groups -OCH3 is 1. The highest BCUT2D eigenvalue weighted by Gasteiger charge is 2.63. The van der Waals surface area contributed by atoms with E-state index in [1.165, 1.54) is 0 Å². The second-order valence-corrected chi connectivity index (χ2v) is 9.77. The second-order valence-electron chi connectivity index (χ2n) is 6.10. The van der Waals surface area contributed by atoms with E-state index in [1.807, 2.05) is 0 Å². The summed E-state index contributed by atoms with van der Waals surface area (Å²) in [7, 11) is 2.91. The van der Waals surface area contributed by atoms with Crippen molar-refractivity contribution >= 4 is 8.56 Å². The minimum atomic E-state index is -2.43. The summed E-state index contributed by atoms with van der Waals surface area (Å²) in [6.07, 6.45) is 6.06. The number of hydrogen-bond donors (Lipinski definition) is 2. The minimum absolute atomic E-state index is 0.0949. The lowest BCUT2D eigenvalue weighted by Crippen LogP contribution is -2.71. The second kappa shape index (κ2) is 8.60. The minimum Gasteiger partial charge on any atom is -0.396 e. The van der Waals surface area contributed by atoms with Gasteiger partial charge < -0.3 is 25.1 Å². The Morgan fingerprint density at radius 3 is 2.43 bits per heavy atom. The first-order valence-corrected chi connectivity index (χ1v) is 10.2. The van der Waals surface area contributed by atoms with Crippen molar-refractivity contribution in [2.75, 3.05) is 27.9 Å². The molecule has 1 fully saturated rings. The SMILES string of the molecule is CCCC1(OC)C(C(N)CCCN)CCC[Si]1(OC)OC. The molecule has 0 aliphatic carbocycles. The summed E-state index contributed by atoms with van der Waals surface area (Å²) in [4.78, 5) is 0. The largest absolute Gasteiger partial charge is 0.396 e. The van der Waals surface area contributed by atoms with E-state index < -0.39 is 8.56 Å². The average Bonchev–Trinajstić information content (AvgIpc) is 2.52. The first-order chi connectivity index (χ1) is 10.1. The highest BCUT2D eigenvalue weighted by molar-refractivity contribution is 6.70. The molecular formula is C15H34N2O3Si. The smallest absolute Gasteiger partial charge is 0.371 e. The van der Waals surface area contributed by atoms with Gasteiger partial charge in [-0.05, 0) is 38.3 Å². The maximum Gasteiger partial charge on any atom is 0.371 e. The fraction of sp³-hybridized carbons (Fsp3) is 1.00. The van der Waals surface area contributed by atoms with E-state index in [9.17, 15) is 0 Å². The standard InChI is InChI=1S/C15H34N2O3Si/c1-5-10-15(18-2)13(14(17)9-6-11-16)8-7-12-21(15,19-3)20-4/h13-14H,5-12,16-17H2,1-4H3. The predicted octanol–water partition coefficient (Wildman–Crippen LogP) is 1.92. The zero-order chi connectivity index (χ0) is 15.9. The molecule has 0 aromatic carbocycles. The van der Waals surface area contributed by atoms with Crippen LogP contribution in [-0.4, -0.2) is 47.7 Å². The molecule has 3 unspecified atom stereocenters. The molecule has 3 atom stereocenters. The van der Waals surface area contributed by atoms with Crippen LogP contribution in [0, 0.1) is 5.92 Å². The molecule has 0 amide bonds. The monoisotopic (exact) mass is 318 g/mol. The molecule has 0 bridgehead atoms. The molecular weight excluding hydrogens is 284 g/mol.